The zero-order chi connectivity index (χ0) is 23.5. The Morgan fingerprint density at radius 2 is 1.56 bits per heavy atom. The number of hydrogen-bond acceptors (Lipinski definition) is 6. The average molecular weight is 457 g/mol. The number of nitrogens with zero attached hydrogens (tertiary/aromatic N) is 2. The Labute approximate surface area is 185 Å². The number of nitrogens with one attached hydrogen (secondary N) is 2. The van der Waals surface area contributed by atoms with Crippen LogP contribution in [0.25, 0.3) is 10.8 Å². The maximum absolute atomic E-state index is 12.8. The van der Waals surface area contributed by atoms with Crippen molar-refractivity contribution in [2.75, 3.05) is 5.75 Å². The lowest BCUT2D eigenvalue weighted by Gasteiger charge is -2.14. The topological polar surface area (TPSA) is 127 Å². The maximum Gasteiger partial charge on any atom is 0.290 e. The molecule has 0 bridgehead atoms. The number of hydrogen-bond donors (Lipinski definition) is 2. The summed E-state index contributed by atoms with van der Waals surface area (Å²) in [5.41, 5.74) is 4.08. The SMILES string of the molecule is CCCS(=O)(=O)c1ccccc1C(=O)NNC(=O)c1nn(C(C)C)c(=O)c2ccccc12. The lowest BCUT2D eigenvalue weighted by atomic mass is 10.1. The molecule has 0 saturated carbocycles. The normalized spacial score (nSPS) is 11.5. The maximum atomic E-state index is 12.8. The van der Waals surface area contributed by atoms with E-state index in [0.29, 0.717) is 17.2 Å². The first-order valence-corrected chi connectivity index (χ1v) is 11.8. The van der Waals surface area contributed by atoms with Gasteiger partial charge in [0.2, 0.25) is 0 Å². The lowest BCUT2D eigenvalue weighted by Crippen LogP contribution is -2.43. The zero-order valence-corrected chi connectivity index (χ0v) is 18.8. The number of aromatic nitrogens is 2. The van der Waals surface area contributed by atoms with Crippen molar-refractivity contribution in [1.82, 2.24) is 20.6 Å². The monoisotopic (exact) mass is 456 g/mol. The Kier molecular flexibility index (Phi) is 6.73. The predicted octanol–water partition coefficient (Wildman–Crippen LogP) is 2.24. The van der Waals surface area contributed by atoms with Crippen LogP contribution in [0, 0.1) is 0 Å². The number of fused-ring (bicyclic) bond motifs is 1. The van der Waals surface area contributed by atoms with Gasteiger partial charge in [-0.1, -0.05) is 37.3 Å². The minimum atomic E-state index is -3.65. The summed E-state index contributed by atoms with van der Waals surface area (Å²) >= 11 is 0. The third kappa shape index (κ3) is 4.54. The van der Waals surface area contributed by atoms with Gasteiger partial charge in [0, 0.05) is 5.39 Å². The quantitative estimate of drug-likeness (QED) is 0.548. The molecule has 0 radical (unpaired) electrons. The van der Waals surface area contributed by atoms with Crippen LogP contribution in [-0.2, 0) is 9.84 Å². The summed E-state index contributed by atoms with van der Waals surface area (Å²) in [6.45, 7) is 5.26. The van der Waals surface area contributed by atoms with Gasteiger partial charge in [0.25, 0.3) is 17.4 Å². The first-order chi connectivity index (χ1) is 15.2. The number of rotatable bonds is 6. The van der Waals surface area contributed by atoms with E-state index in [9.17, 15) is 22.8 Å². The molecule has 2 amide bonds. The van der Waals surface area contributed by atoms with Crippen LogP contribution in [-0.4, -0.2) is 35.8 Å². The molecule has 0 aliphatic carbocycles. The van der Waals surface area contributed by atoms with Crippen molar-refractivity contribution in [3.05, 3.63) is 70.1 Å². The largest absolute Gasteiger partial charge is 0.290 e. The van der Waals surface area contributed by atoms with Gasteiger partial charge in [0.1, 0.15) is 0 Å². The van der Waals surface area contributed by atoms with E-state index in [0.717, 1.165) is 0 Å². The van der Waals surface area contributed by atoms with Crippen LogP contribution in [0.4, 0.5) is 0 Å². The molecule has 3 aromatic rings. The molecule has 10 heteroatoms. The molecule has 1 aromatic heterocycles. The summed E-state index contributed by atoms with van der Waals surface area (Å²) in [4.78, 5) is 38.0. The molecular weight excluding hydrogens is 432 g/mol. The fourth-order valence-electron chi connectivity index (χ4n) is 3.27. The zero-order valence-electron chi connectivity index (χ0n) is 18.0. The van der Waals surface area contributed by atoms with Crippen molar-refractivity contribution in [3.63, 3.8) is 0 Å². The molecule has 0 fully saturated rings. The minimum Gasteiger partial charge on any atom is -0.267 e. The fraction of sp³-hybridized carbons (Fsp3) is 0.273. The van der Waals surface area contributed by atoms with Crippen LogP contribution in [0.5, 0.6) is 0 Å². The van der Waals surface area contributed by atoms with Crippen molar-refractivity contribution in [3.8, 4) is 0 Å². The molecule has 3 rings (SSSR count). The van der Waals surface area contributed by atoms with E-state index in [-0.39, 0.29) is 33.5 Å². The molecule has 32 heavy (non-hydrogen) atoms. The summed E-state index contributed by atoms with van der Waals surface area (Å²) in [6, 6.07) is 12.1. The number of carbonyl (C=O) groups excluding carboxylic acids is 2. The molecule has 0 saturated heterocycles. The summed E-state index contributed by atoms with van der Waals surface area (Å²) in [6.07, 6.45) is 0.402. The standard InChI is InChI=1S/C22H24N4O5S/c1-4-13-32(30,31)18-12-8-7-11-17(18)20(27)23-24-21(28)19-15-9-5-6-10-16(15)22(29)26(25-19)14(2)3/h5-12,14H,4,13H2,1-3H3,(H,23,27)(H,24,28). The molecule has 2 aromatic carbocycles. The van der Waals surface area contributed by atoms with E-state index in [1.807, 2.05) is 0 Å². The van der Waals surface area contributed by atoms with E-state index in [4.69, 9.17) is 0 Å². The van der Waals surface area contributed by atoms with Crippen LogP contribution in [0.1, 0.15) is 54.1 Å². The third-order valence-corrected chi connectivity index (χ3v) is 6.73. The Hall–Kier alpha value is -3.53. The van der Waals surface area contributed by atoms with Crippen LogP contribution >= 0.6 is 0 Å². The number of hydrazine groups is 1. The molecule has 0 unspecified atom stereocenters. The first-order valence-electron chi connectivity index (χ1n) is 10.1. The Morgan fingerprint density at radius 1 is 0.969 bits per heavy atom. The van der Waals surface area contributed by atoms with Gasteiger partial charge in [-0.2, -0.15) is 5.10 Å². The second kappa shape index (κ2) is 9.31. The Morgan fingerprint density at radius 3 is 2.22 bits per heavy atom. The Bertz CT molecular complexity index is 1350. The molecule has 0 atom stereocenters. The Balaban J connectivity index is 1.91. The molecular formula is C22H24N4O5S. The van der Waals surface area contributed by atoms with E-state index < -0.39 is 21.7 Å². The van der Waals surface area contributed by atoms with Gasteiger partial charge in [-0.15, -0.1) is 0 Å². The molecule has 0 aliphatic heterocycles. The van der Waals surface area contributed by atoms with Crippen molar-refractivity contribution in [1.29, 1.82) is 0 Å². The van der Waals surface area contributed by atoms with Gasteiger partial charge >= 0.3 is 0 Å². The van der Waals surface area contributed by atoms with Gasteiger partial charge < -0.3 is 0 Å². The summed E-state index contributed by atoms with van der Waals surface area (Å²) < 4.78 is 26.2. The van der Waals surface area contributed by atoms with Crippen LogP contribution in [0.3, 0.4) is 0 Å². The number of amides is 2. The summed E-state index contributed by atoms with van der Waals surface area (Å²) in [5, 5.41) is 4.84. The highest BCUT2D eigenvalue weighted by Gasteiger charge is 2.23. The fourth-order valence-corrected chi connectivity index (χ4v) is 4.81. The molecule has 2 N–H and O–H groups in total. The number of sulfone groups is 1. The van der Waals surface area contributed by atoms with Crippen molar-refractivity contribution in [2.24, 2.45) is 0 Å². The highest BCUT2D eigenvalue weighted by Crippen LogP contribution is 2.18. The van der Waals surface area contributed by atoms with Crippen LogP contribution in [0.2, 0.25) is 0 Å². The average Bonchev–Trinajstić information content (AvgIpc) is 2.77. The smallest absolute Gasteiger partial charge is 0.267 e. The second-order valence-corrected chi connectivity index (χ2v) is 9.54. The second-order valence-electron chi connectivity index (χ2n) is 7.46. The van der Waals surface area contributed by atoms with Crippen LogP contribution in [0.15, 0.2) is 58.2 Å². The van der Waals surface area contributed by atoms with Gasteiger partial charge in [-0.3, -0.25) is 25.2 Å². The number of benzene rings is 2. The molecule has 168 valence electrons. The molecule has 1 heterocycles. The van der Waals surface area contributed by atoms with Gasteiger partial charge in [0.05, 0.1) is 27.6 Å². The van der Waals surface area contributed by atoms with Gasteiger partial charge in [0.15, 0.2) is 15.5 Å². The highest BCUT2D eigenvalue weighted by molar-refractivity contribution is 7.91. The summed E-state index contributed by atoms with van der Waals surface area (Å²) in [5.74, 6) is -1.62. The van der Waals surface area contributed by atoms with Crippen molar-refractivity contribution < 1.29 is 18.0 Å². The van der Waals surface area contributed by atoms with Gasteiger partial charge in [-0.25, -0.2) is 13.1 Å². The van der Waals surface area contributed by atoms with Crippen LogP contribution < -0.4 is 16.4 Å². The third-order valence-electron chi connectivity index (χ3n) is 4.76. The molecule has 0 spiro atoms. The molecule has 9 nitrogen and oxygen atoms in total. The van der Waals surface area contributed by atoms with E-state index >= 15 is 0 Å². The number of carbonyl (C=O) groups is 2. The minimum absolute atomic E-state index is 0.0407. The predicted molar refractivity (Wildman–Crippen MR) is 120 cm³/mol. The highest BCUT2D eigenvalue weighted by atomic mass is 32.2. The van der Waals surface area contributed by atoms with E-state index in [1.165, 1.54) is 28.9 Å². The first kappa shape index (κ1) is 23.1. The van der Waals surface area contributed by atoms with Gasteiger partial charge in [-0.05, 0) is 38.5 Å². The summed E-state index contributed by atoms with van der Waals surface area (Å²) in [7, 11) is -3.65. The molecule has 0 aliphatic rings. The van der Waals surface area contributed by atoms with E-state index in [2.05, 4.69) is 16.0 Å². The van der Waals surface area contributed by atoms with Crippen molar-refractivity contribution >= 4 is 32.4 Å². The van der Waals surface area contributed by atoms with E-state index in [1.54, 1.807) is 45.0 Å². The lowest BCUT2D eigenvalue weighted by molar-refractivity contribution is 0.0841. The van der Waals surface area contributed by atoms with Crippen molar-refractivity contribution in [2.45, 2.75) is 38.1 Å².